The Morgan fingerprint density at radius 3 is 2.03 bits per heavy atom. The van der Waals surface area contributed by atoms with Crippen molar-refractivity contribution in [2.75, 3.05) is 14.2 Å². The molecule has 29 heavy (non-hydrogen) atoms. The molecule has 0 heterocycles. The quantitative estimate of drug-likeness (QED) is 0.558. The summed E-state index contributed by atoms with van der Waals surface area (Å²) >= 11 is 0. The standard InChI is InChI=1S/C25H27NO3/c1-26-24(25(27)28-2)17-21-12-14-23(15-13-21)29-18-22-10-8-20(9-11-22)16-19-6-4-3-5-7-19/h3-15,24,26H,16-18H2,1-2H3/t24-/m0/s1. The molecule has 0 unspecified atom stereocenters. The van der Waals surface area contributed by atoms with Crippen LogP contribution in [-0.4, -0.2) is 26.2 Å². The minimum atomic E-state index is -0.346. The van der Waals surface area contributed by atoms with Gasteiger partial charge >= 0.3 is 5.97 Å². The third-order valence-corrected chi connectivity index (χ3v) is 4.88. The Balaban J connectivity index is 1.51. The number of likely N-dealkylation sites (N-methyl/N-ethyl adjacent to an activating group) is 1. The van der Waals surface area contributed by atoms with E-state index in [0.29, 0.717) is 13.0 Å². The monoisotopic (exact) mass is 389 g/mol. The molecule has 4 heteroatoms. The van der Waals surface area contributed by atoms with E-state index in [1.165, 1.54) is 18.2 Å². The zero-order chi connectivity index (χ0) is 20.5. The summed E-state index contributed by atoms with van der Waals surface area (Å²) in [5.74, 6) is 0.546. The molecule has 0 bridgehead atoms. The molecule has 0 aliphatic carbocycles. The number of hydrogen-bond acceptors (Lipinski definition) is 4. The van der Waals surface area contributed by atoms with Crippen LogP contribution in [0.25, 0.3) is 0 Å². The van der Waals surface area contributed by atoms with Crippen molar-refractivity contribution in [1.82, 2.24) is 5.32 Å². The van der Waals surface area contributed by atoms with Gasteiger partial charge < -0.3 is 14.8 Å². The Bertz CT molecular complexity index is 890. The number of carbonyl (C=O) groups is 1. The van der Waals surface area contributed by atoms with Gasteiger partial charge in [0.1, 0.15) is 18.4 Å². The van der Waals surface area contributed by atoms with Crippen LogP contribution in [0.5, 0.6) is 5.75 Å². The lowest BCUT2D eigenvalue weighted by Crippen LogP contribution is -2.36. The van der Waals surface area contributed by atoms with Crippen molar-refractivity contribution in [3.05, 3.63) is 101 Å². The van der Waals surface area contributed by atoms with Gasteiger partial charge in [-0.05, 0) is 54.3 Å². The van der Waals surface area contributed by atoms with Crippen molar-refractivity contribution in [1.29, 1.82) is 0 Å². The summed E-state index contributed by atoms with van der Waals surface area (Å²) < 4.78 is 10.7. The van der Waals surface area contributed by atoms with Gasteiger partial charge in [0.25, 0.3) is 0 Å². The summed E-state index contributed by atoms with van der Waals surface area (Å²) in [5.41, 5.74) is 4.78. The fraction of sp³-hybridized carbons (Fsp3) is 0.240. The molecule has 0 aliphatic rings. The topological polar surface area (TPSA) is 47.6 Å². The number of ether oxygens (including phenoxy) is 2. The summed E-state index contributed by atoms with van der Waals surface area (Å²) in [4.78, 5) is 11.7. The second-order valence-corrected chi connectivity index (χ2v) is 6.98. The highest BCUT2D eigenvalue weighted by Gasteiger charge is 2.17. The zero-order valence-electron chi connectivity index (χ0n) is 16.9. The highest BCUT2D eigenvalue weighted by Crippen LogP contribution is 2.17. The first-order valence-electron chi connectivity index (χ1n) is 9.76. The minimum absolute atomic E-state index is 0.261. The molecule has 3 rings (SSSR count). The number of methoxy groups -OCH3 is 1. The Morgan fingerprint density at radius 2 is 1.41 bits per heavy atom. The number of nitrogens with one attached hydrogen (secondary N) is 1. The predicted molar refractivity (Wildman–Crippen MR) is 115 cm³/mol. The Labute approximate surface area is 172 Å². The normalized spacial score (nSPS) is 11.7. The lowest BCUT2D eigenvalue weighted by atomic mass is 10.0. The van der Waals surface area contributed by atoms with E-state index in [0.717, 1.165) is 23.3 Å². The van der Waals surface area contributed by atoms with E-state index in [1.807, 2.05) is 30.3 Å². The van der Waals surface area contributed by atoms with Gasteiger partial charge in [-0.1, -0.05) is 66.7 Å². The summed E-state index contributed by atoms with van der Waals surface area (Å²) in [6, 6.07) is 26.5. The van der Waals surface area contributed by atoms with Crippen LogP contribution >= 0.6 is 0 Å². The number of hydrogen-bond donors (Lipinski definition) is 1. The minimum Gasteiger partial charge on any atom is -0.489 e. The van der Waals surface area contributed by atoms with Crippen LogP contribution in [0.2, 0.25) is 0 Å². The van der Waals surface area contributed by atoms with Crippen molar-refractivity contribution >= 4 is 5.97 Å². The van der Waals surface area contributed by atoms with Crippen LogP contribution in [0.4, 0.5) is 0 Å². The molecule has 0 saturated carbocycles. The van der Waals surface area contributed by atoms with E-state index in [-0.39, 0.29) is 12.0 Å². The summed E-state index contributed by atoms with van der Waals surface area (Å²) in [5, 5.41) is 2.98. The van der Waals surface area contributed by atoms with E-state index in [4.69, 9.17) is 9.47 Å². The van der Waals surface area contributed by atoms with Crippen molar-refractivity contribution in [2.24, 2.45) is 0 Å². The molecular weight excluding hydrogens is 362 g/mol. The second kappa shape index (κ2) is 10.4. The number of benzene rings is 3. The molecule has 150 valence electrons. The fourth-order valence-corrected chi connectivity index (χ4v) is 3.15. The van der Waals surface area contributed by atoms with Gasteiger partial charge in [-0.15, -0.1) is 0 Å². The van der Waals surface area contributed by atoms with Crippen LogP contribution in [-0.2, 0) is 29.0 Å². The molecule has 3 aromatic carbocycles. The molecule has 1 atom stereocenters. The molecule has 1 N–H and O–H groups in total. The van der Waals surface area contributed by atoms with E-state index in [2.05, 4.69) is 53.8 Å². The van der Waals surface area contributed by atoms with Gasteiger partial charge in [0.15, 0.2) is 0 Å². The highest BCUT2D eigenvalue weighted by molar-refractivity contribution is 5.76. The van der Waals surface area contributed by atoms with Crippen molar-refractivity contribution in [3.63, 3.8) is 0 Å². The third-order valence-electron chi connectivity index (χ3n) is 4.88. The maximum atomic E-state index is 11.7. The summed E-state index contributed by atoms with van der Waals surface area (Å²) in [6.45, 7) is 0.520. The molecule has 0 saturated heterocycles. The molecule has 0 fully saturated rings. The lowest BCUT2D eigenvalue weighted by Gasteiger charge is -2.14. The average molecular weight is 389 g/mol. The Morgan fingerprint density at radius 1 is 0.828 bits per heavy atom. The Kier molecular flexibility index (Phi) is 7.42. The van der Waals surface area contributed by atoms with Gasteiger partial charge in [0, 0.05) is 0 Å². The second-order valence-electron chi connectivity index (χ2n) is 6.98. The van der Waals surface area contributed by atoms with Crippen LogP contribution in [0.15, 0.2) is 78.9 Å². The lowest BCUT2D eigenvalue weighted by molar-refractivity contribution is -0.142. The largest absolute Gasteiger partial charge is 0.489 e. The average Bonchev–Trinajstić information content (AvgIpc) is 2.78. The molecule has 0 aliphatic heterocycles. The fourth-order valence-electron chi connectivity index (χ4n) is 3.15. The summed E-state index contributed by atoms with van der Waals surface area (Å²) in [7, 11) is 3.15. The van der Waals surface area contributed by atoms with Gasteiger partial charge in [-0.2, -0.15) is 0 Å². The third kappa shape index (κ3) is 6.19. The van der Waals surface area contributed by atoms with E-state index in [1.54, 1.807) is 7.05 Å². The maximum absolute atomic E-state index is 11.7. The predicted octanol–water partition coefficient (Wildman–Crippen LogP) is 4.16. The SMILES string of the molecule is CN[C@@H](Cc1ccc(OCc2ccc(Cc3ccccc3)cc2)cc1)C(=O)OC. The van der Waals surface area contributed by atoms with E-state index >= 15 is 0 Å². The van der Waals surface area contributed by atoms with Crippen LogP contribution in [0.3, 0.4) is 0 Å². The van der Waals surface area contributed by atoms with Crippen molar-refractivity contribution < 1.29 is 14.3 Å². The number of rotatable bonds is 9. The molecule has 0 radical (unpaired) electrons. The van der Waals surface area contributed by atoms with E-state index < -0.39 is 0 Å². The van der Waals surface area contributed by atoms with Gasteiger partial charge in [-0.3, -0.25) is 4.79 Å². The van der Waals surface area contributed by atoms with Crippen LogP contribution < -0.4 is 10.1 Å². The van der Waals surface area contributed by atoms with Crippen LogP contribution in [0.1, 0.15) is 22.3 Å². The van der Waals surface area contributed by atoms with Crippen LogP contribution in [0, 0.1) is 0 Å². The molecule has 4 nitrogen and oxygen atoms in total. The molecule has 3 aromatic rings. The van der Waals surface area contributed by atoms with Gasteiger partial charge in [0.05, 0.1) is 7.11 Å². The molecule has 0 spiro atoms. The van der Waals surface area contributed by atoms with Crippen molar-refractivity contribution in [2.45, 2.75) is 25.5 Å². The Hall–Kier alpha value is -3.11. The van der Waals surface area contributed by atoms with Gasteiger partial charge in [0.2, 0.25) is 0 Å². The molecular formula is C25H27NO3. The first-order valence-corrected chi connectivity index (χ1v) is 9.76. The summed E-state index contributed by atoms with van der Waals surface area (Å²) in [6.07, 6.45) is 1.51. The maximum Gasteiger partial charge on any atom is 0.323 e. The first-order chi connectivity index (χ1) is 14.2. The first kappa shape index (κ1) is 20.6. The highest BCUT2D eigenvalue weighted by atomic mass is 16.5. The molecule has 0 amide bonds. The number of carbonyl (C=O) groups excluding carboxylic acids is 1. The van der Waals surface area contributed by atoms with E-state index in [9.17, 15) is 4.79 Å². The smallest absolute Gasteiger partial charge is 0.323 e. The van der Waals surface area contributed by atoms with Crippen molar-refractivity contribution in [3.8, 4) is 5.75 Å². The zero-order valence-corrected chi connectivity index (χ0v) is 16.9. The molecule has 0 aromatic heterocycles. The van der Waals surface area contributed by atoms with Gasteiger partial charge in [-0.25, -0.2) is 0 Å². The number of esters is 1.